The van der Waals surface area contributed by atoms with Crippen LogP contribution in [0.3, 0.4) is 0 Å². The first kappa shape index (κ1) is 15.7. The normalized spacial score (nSPS) is 30.4. The van der Waals surface area contributed by atoms with Gasteiger partial charge in [0.05, 0.1) is 23.1 Å². The number of hydrogen-bond donors (Lipinski definition) is 1. The summed E-state index contributed by atoms with van der Waals surface area (Å²) in [5, 5.41) is 11.3. The lowest BCUT2D eigenvalue weighted by Gasteiger charge is -2.46. The first-order valence-electron chi connectivity index (χ1n) is 7.61. The number of carbonyl (C=O) groups excluding carboxylic acids is 1. The molecule has 1 aromatic carbocycles. The zero-order valence-corrected chi connectivity index (χ0v) is 13.6. The molecular formula is C17H20FNO2S. The van der Waals surface area contributed by atoms with E-state index >= 15 is 0 Å². The van der Waals surface area contributed by atoms with E-state index in [0.29, 0.717) is 23.4 Å². The van der Waals surface area contributed by atoms with Crippen LogP contribution in [0.2, 0.25) is 0 Å². The lowest BCUT2D eigenvalue weighted by atomic mass is 9.69. The number of Topliss-reactive ketones (excluding diaryl/α,β-unsaturated/α-hetero) is 1. The van der Waals surface area contributed by atoms with Crippen molar-refractivity contribution in [2.45, 2.75) is 55.9 Å². The molecule has 0 amide bonds. The number of carbonyl (C=O) groups is 1. The fourth-order valence-corrected chi connectivity index (χ4v) is 4.61. The van der Waals surface area contributed by atoms with Crippen LogP contribution in [0, 0.1) is 5.82 Å². The van der Waals surface area contributed by atoms with Gasteiger partial charge in [0, 0.05) is 5.56 Å². The SMILES string of the molecule is C[C@H](N=C1CC(=O)[C@@](C)(C2(O)CCC2)S1)c1ccccc1F. The van der Waals surface area contributed by atoms with E-state index in [-0.39, 0.29) is 24.1 Å². The maximum Gasteiger partial charge on any atom is 0.158 e. The van der Waals surface area contributed by atoms with Gasteiger partial charge in [0.25, 0.3) is 0 Å². The molecule has 0 aromatic heterocycles. The molecule has 1 aliphatic carbocycles. The number of hydrogen-bond acceptors (Lipinski definition) is 4. The Hall–Kier alpha value is -1.20. The van der Waals surface area contributed by atoms with Crippen molar-refractivity contribution in [3.8, 4) is 0 Å². The van der Waals surface area contributed by atoms with Crippen LogP contribution >= 0.6 is 11.8 Å². The number of aliphatic hydroxyl groups is 1. The molecule has 0 bridgehead atoms. The van der Waals surface area contributed by atoms with Crippen molar-refractivity contribution >= 4 is 22.6 Å². The Labute approximate surface area is 134 Å². The highest BCUT2D eigenvalue weighted by Gasteiger charge is 2.59. The second kappa shape index (κ2) is 5.46. The zero-order chi connectivity index (χ0) is 16.0. The molecule has 0 unspecified atom stereocenters. The number of aliphatic imine (C=N–C) groups is 1. The van der Waals surface area contributed by atoms with Gasteiger partial charge in [-0.15, -0.1) is 0 Å². The van der Waals surface area contributed by atoms with Gasteiger partial charge in [-0.25, -0.2) is 4.39 Å². The quantitative estimate of drug-likeness (QED) is 0.924. The summed E-state index contributed by atoms with van der Waals surface area (Å²) in [6.07, 6.45) is 2.52. The van der Waals surface area contributed by atoms with Crippen molar-refractivity contribution in [2.24, 2.45) is 4.99 Å². The molecule has 5 heteroatoms. The molecule has 22 heavy (non-hydrogen) atoms. The molecule has 0 radical (unpaired) electrons. The minimum absolute atomic E-state index is 0.0270. The molecule has 2 fully saturated rings. The maximum atomic E-state index is 13.8. The van der Waals surface area contributed by atoms with Crippen molar-refractivity contribution in [2.75, 3.05) is 0 Å². The monoisotopic (exact) mass is 321 g/mol. The van der Waals surface area contributed by atoms with Crippen molar-refractivity contribution in [1.29, 1.82) is 0 Å². The minimum atomic E-state index is -0.909. The summed E-state index contributed by atoms with van der Waals surface area (Å²) in [6.45, 7) is 3.64. The van der Waals surface area contributed by atoms with Crippen LogP contribution in [-0.4, -0.2) is 26.3 Å². The van der Waals surface area contributed by atoms with E-state index in [2.05, 4.69) is 4.99 Å². The van der Waals surface area contributed by atoms with Crippen molar-refractivity contribution in [3.05, 3.63) is 35.6 Å². The number of thioether (sulfide) groups is 1. The molecule has 1 aliphatic heterocycles. The van der Waals surface area contributed by atoms with Crippen LogP contribution < -0.4 is 0 Å². The first-order chi connectivity index (χ1) is 10.4. The molecular weight excluding hydrogens is 301 g/mol. The van der Waals surface area contributed by atoms with Gasteiger partial charge in [0.1, 0.15) is 10.6 Å². The predicted molar refractivity (Wildman–Crippen MR) is 86.7 cm³/mol. The molecule has 3 rings (SSSR count). The highest BCUT2D eigenvalue weighted by atomic mass is 32.2. The van der Waals surface area contributed by atoms with E-state index in [1.54, 1.807) is 18.2 Å². The minimum Gasteiger partial charge on any atom is -0.388 e. The predicted octanol–water partition coefficient (Wildman–Crippen LogP) is 3.66. The molecule has 1 saturated heterocycles. The van der Waals surface area contributed by atoms with E-state index in [9.17, 15) is 14.3 Å². The van der Waals surface area contributed by atoms with Crippen LogP contribution in [0.15, 0.2) is 29.3 Å². The molecule has 2 atom stereocenters. The summed E-state index contributed by atoms with van der Waals surface area (Å²) >= 11 is 1.36. The van der Waals surface area contributed by atoms with E-state index in [1.807, 2.05) is 13.8 Å². The number of halogens is 1. The average Bonchev–Trinajstić information content (AvgIpc) is 2.72. The van der Waals surface area contributed by atoms with E-state index in [0.717, 1.165) is 6.42 Å². The Balaban J connectivity index is 1.82. The maximum absolute atomic E-state index is 13.8. The molecule has 1 heterocycles. The lowest BCUT2D eigenvalue weighted by molar-refractivity contribution is -0.132. The largest absolute Gasteiger partial charge is 0.388 e. The van der Waals surface area contributed by atoms with Gasteiger partial charge in [-0.2, -0.15) is 0 Å². The van der Waals surface area contributed by atoms with Crippen LogP contribution in [0.1, 0.15) is 51.1 Å². The summed E-state index contributed by atoms with van der Waals surface area (Å²) in [5.41, 5.74) is -0.383. The molecule has 118 valence electrons. The van der Waals surface area contributed by atoms with Crippen molar-refractivity contribution in [3.63, 3.8) is 0 Å². The van der Waals surface area contributed by atoms with Crippen molar-refractivity contribution in [1.82, 2.24) is 0 Å². The van der Waals surface area contributed by atoms with E-state index in [1.165, 1.54) is 17.8 Å². The molecule has 2 aliphatic rings. The summed E-state index contributed by atoms with van der Waals surface area (Å²) in [5.74, 6) is -0.256. The van der Waals surface area contributed by atoms with E-state index in [4.69, 9.17) is 0 Å². The number of ketones is 1. The standard InChI is InChI=1S/C17H20FNO2S/c1-11(12-6-3-4-7-13(12)18)19-15-10-14(20)16(2,22-15)17(21)8-5-9-17/h3-4,6-7,11,21H,5,8-10H2,1-2H3/t11-,16-/m0/s1. The van der Waals surface area contributed by atoms with Crippen LogP contribution in [0.5, 0.6) is 0 Å². The summed E-state index contributed by atoms with van der Waals surface area (Å²) < 4.78 is 13.0. The summed E-state index contributed by atoms with van der Waals surface area (Å²) in [7, 11) is 0. The Morgan fingerprint density at radius 3 is 2.64 bits per heavy atom. The molecule has 3 nitrogen and oxygen atoms in total. The fraction of sp³-hybridized carbons (Fsp3) is 0.529. The number of rotatable bonds is 3. The van der Waals surface area contributed by atoms with Gasteiger partial charge < -0.3 is 5.11 Å². The lowest BCUT2D eigenvalue weighted by Crippen LogP contribution is -2.57. The van der Waals surface area contributed by atoms with E-state index < -0.39 is 10.3 Å². The van der Waals surface area contributed by atoms with Gasteiger partial charge in [-0.1, -0.05) is 30.0 Å². The second-order valence-electron chi connectivity index (χ2n) is 6.34. The fourth-order valence-electron chi connectivity index (χ4n) is 3.15. The third-order valence-corrected chi connectivity index (χ3v) is 6.43. The van der Waals surface area contributed by atoms with Gasteiger partial charge in [0.2, 0.25) is 0 Å². The van der Waals surface area contributed by atoms with Gasteiger partial charge in [0.15, 0.2) is 5.78 Å². The zero-order valence-electron chi connectivity index (χ0n) is 12.8. The topological polar surface area (TPSA) is 49.7 Å². The Morgan fingerprint density at radius 1 is 1.36 bits per heavy atom. The number of nitrogens with zero attached hydrogens (tertiary/aromatic N) is 1. The van der Waals surface area contributed by atoms with Crippen molar-refractivity contribution < 1.29 is 14.3 Å². The first-order valence-corrected chi connectivity index (χ1v) is 8.43. The van der Waals surface area contributed by atoms with Gasteiger partial charge in [-0.3, -0.25) is 9.79 Å². The summed E-state index contributed by atoms with van der Waals surface area (Å²) in [4.78, 5) is 16.9. The van der Waals surface area contributed by atoms with Gasteiger partial charge >= 0.3 is 0 Å². The Bertz CT molecular complexity index is 641. The smallest absolute Gasteiger partial charge is 0.158 e. The van der Waals surface area contributed by atoms with Crippen LogP contribution in [0.4, 0.5) is 4.39 Å². The average molecular weight is 321 g/mol. The van der Waals surface area contributed by atoms with Gasteiger partial charge in [-0.05, 0) is 39.2 Å². The highest BCUT2D eigenvalue weighted by molar-refractivity contribution is 8.16. The third-order valence-electron chi connectivity index (χ3n) is 4.93. The second-order valence-corrected chi connectivity index (χ2v) is 7.83. The van der Waals surface area contributed by atoms with Crippen LogP contribution in [-0.2, 0) is 4.79 Å². The molecule has 1 N–H and O–H groups in total. The molecule has 1 saturated carbocycles. The Morgan fingerprint density at radius 2 is 2.05 bits per heavy atom. The molecule has 0 spiro atoms. The number of benzene rings is 1. The Kier molecular flexibility index (Phi) is 3.89. The van der Waals surface area contributed by atoms with Crippen LogP contribution in [0.25, 0.3) is 0 Å². The molecule has 1 aromatic rings. The summed E-state index contributed by atoms with van der Waals surface area (Å²) in [6, 6.07) is 6.22. The third kappa shape index (κ3) is 2.40. The highest BCUT2D eigenvalue weighted by Crippen LogP contribution is 2.53.